The van der Waals surface area contributed by atoms with Gasteiger partial charge in [0.05, 0.1) is 18.5 Å². The number of carboxylic acid groups (broad SMARTS) is 1. The van der Waals surface area contributed by atoms with Gasteiger partial charge in [-0.15, -0.1) is 40.4 Å². The number of amides is 3. The van der Waals surface area contributed by atoms with E-state index in [-0.39, 0.29) is 47.1 Å². The highest BCUT2D eigenvalue weighted by molar-refractivity contribution is 8.14. The number of carbonyl (C=O) groups excluding carboxylic acids is 3. The zero-order chi connectivity index (χ0) is 33.3. The molecule has 1 saturated heterocycles. The second kappa shape index (κ2) is 13.3. The Balaban J connectivity index is 1.31. The van der Waals surface area contributed by atoms with Crippen molar-refractivity contribution in [3.8, 4) is 0 Å². The van der Waals surface area contributed by atoms with Gasteiger partial charge in [0.15, 0.2) is 16.7 Å². The monoisotopic (exact) mass is 695 g/mol. The van der Waals surface area contributed by atoms with Gasteiger partial charge in [0.2, 0.25) is 5.60 Å². The van der Waals surface area contributed by atoms with Gasteiger partial charge in [0.25, 0.3) is 17.7 Å². The van der Waals surface area contributed by atoms with Crippen LogP contribution in [0.2, 0.25) is 0 Å². The highest BCUT2D eigenvalue weighted by atomic mass is 32.2. The lowest BCUT2D eigenvalue weighted by Crippen LogP contribution is -2.71. The van der Waals surface area contributed by atoms with E-state index in [2.05, 4.69) is 26.0 Å². The van der Waals surface area contributed by atoms with E-state index in [1.807, 2.05) is 5.43 Å². The molecular formula is C24H29N11O8S3. The van der Waals surface area contributed by atoms with Crippen LogP contribution >= 0.6 is 34.9 Å². The number of nitrogens with zero attached hydrogens (tertiary/aromatic N) is 6. The first-order chi connectivity index (χ1) is 21.9. The summed E-state index contributed by atoms with van der Waals surface area (Å²) in [5, 5.41) is 39.9. The van der Waals surface area contributed by atoms with E-state index in [1.165, 1.54) is 52.8 Å². The van der Waals surface area contributed by atoms with E-state index < -0.39 is 40.7 Å². The fourth-order valence-electron chi connectivity index (χ4n) is 4.45. The van der Waals surface area contributed by atoms with Gasteiger partial charge in [-0.25, -0.2) is 25.6 Å². The molecule has 22 heteroatoms. The van der Waals surface area contributed by atoms with E-state index in [0.717, 1.165) is 16.2 Å². The van der Waals surface area contributed by atoms with Gasteiger partial charge in [-0.3, -0.25) is 29.7 Å². The molecule has 0 radical (unpaired) electrons. The third kappa shape index (κ3) is 6.40. The average molecular weight is 696 g/mol. The van der Waals surface area contributed by atoms with Crippen LogP contribution in [0.4, 0.5) is 5.13 Å². The average Bonchev–Trinajstić information content (AvgIpc) is 3.66. The fraction of sp³-hybridized carbons (Fsp3) is 0.375. The molecule has 4 aliphatic heterocycles. The topological polar surface area (TPSA) is 274 Å². The van der Waals surface area contributed by atoms with E-state index in [4.69, 9.17) is 16.4 Å². The van der Waals surface area contributed by atoms with Gasteiger partial charge in [-0.05, 0) is 25.5 Å². The molecular weight excluding hydrogens is 667 g/mol. The fourth-order valence-corrected chi connectivity index (χ4v) is 7.41. The Morgan fingerprint density at radius 2 is 2.09 bits per heavy atom. The molecule has 2 atom stereocenters. The number of nitrogens with one attached hydrogen (secondary N) is 3. The maximum Gasteiger partial charge on any atom is 0.352 e. The molecule has 19 nitrogen and oxygen atoms in total. The highest BCUT2D eigenvalue weighted by Gasteiger charge is 2.54. The van der Waals surface area contributed by atoms with Crippen molar-refractivity contribution < 1.29 is 39.3 Å². The number of fused-ring (bicyclic) bond motifs is 2. The summed E-state index contributed by atoms with van der Waals surface area (Å²) in [5.74, 6) is 2.49. The molecule has 10 N–H and O–H groups in total. The predicted octanol–water partition coefficient (Wildman–Crippen LogP) is -2.24. The van der Waals surface area contributed by atoms with Crippen molar-refractivity contribution in [2.24, 2.45) is 16.0 Å². The predicted molar refractivity (Wildman–Crippen MR) is 167 cm³/mol. The molecule has 0 saturated carbocycles. The van der Waals surface area contributed by atoms with Crippen LogP contribution in [-0.4, -0.2) is 112 Å². The molecule has 3 amide bonds. The number of thioether (sulfide) groups is 2. The number of carbonyl (C=O) groups is 4. The molecule has 1 unspecified atom stereocenters. The first kappa shape index (κ1) is 33.2. The van der Waals surface area contributed by atoms with Crippen molar-refractivity contribution in [1.29, 1.82) is 0 Å². The summed E-state index contributed by atoms with van der Waals surface area (Å²) in [4.78, 5) is 66.0. The standard InChI is InChI=1S/C24H29N11O8S3/c1-24(2,22(42)30-26)43-31-15(12-8-46-23(25)27-12)18(38)29-16-19(39)34-17(21(40)41)10(7-45-20(16)34)6-44-14-3-11(5-36)35-13(28-14)4-33(9-37)32-35/h3-4,8,16,20,32,36-37H,5-7,9,26H2,1-2H3,(H2,25,27)(H,29,38)(H,30,42)(H,40,41)/b31-15-/t16?,20-/m1/s1. The minimum absolute atomic E-state index is 0.0367. The number of anilines is 1. The molecule has 0 spiro atoms. The summed E-state index contributed by atoms with van der Waals surface area (Å²) in [5.41, 5.74) is 9.35. The zero-order valence-electron chi connectivity index (χ0n) is 24.2. The minimum Gasteiger partial charge on any atom is -0.477 e. The van der Waals surface area contributed by atoms with Crippen molar-refractivity contribution >= 4 is 74.4 Å². The number of aliphatic hydroxyl groups excluding tert-OH is 2. The summed E-state index contributed by atoms with van der Waals surface area (Å²) in [6.07, 6.45) is 3.17. The van der Waals surface area contributed by atoms with Crippen LogP contribution < -0.4 is 27.9 Å². The van der Waals surface area contributed by atoms with E-state index in [0.29, 0.717) is 22.1 Å². The minimum atomic E-state index is -1.57. The van der Waals surface area contributed by atoms with E-state index >= 15 is 0 Å². The molecule has 1 fully saturated rings. The SMILES string of the molecule is CC(C)(O/N=C(\C(=O)NC1C(=O)N2C(C(=O)O)=C(CSC3=NC4=CN(CO)NN4C(CO)=C3)CS[C@H]12)c1csc(N)n1)C(=O)NN. The third-order valence-corrected chi connectivity index (χ3v) is 9.81. The van der Waals surface area contributed by atoms with Gasteiger partial charge in [-0.1, -0.05) is 5.16 Å². The molecule has 0 aliphatic carbocycles. The first-order valence-electron chi connectivity index (χ1n) is 13.3. The Bertz CT molecular complexity index is 1620. The van der Waals surface area contributed by atoms with Crippen molar-refractivity contribution in [2.45, 2.75) is 30.9 Å². The number of hydrazine groups is 3. The lowest BCUT2D eigenvalue weighted by molar-refractivity contribution is -0.150. The largest absolute Gasteiger partial charge is 0.477 e. The summed E-state index contributed by atoms with van der Waals surface area (Å²) in [6, 6.07) is -1.09. The van der Waals surface area contributed by atoms with Crippen LogP contribution in [0.5, 0.6) is 0 Å². The third-order valence-electron chi connectivity index (χ3n) is 6.80. The number of nitrogen functional groups attached to an aromatic ring is 1. The van der Waals surface area contributed by atoms with Gasteiger partial charge in [0, 0.05) is 16.9 Å². The van der Waals surface area contributed by atoms with E-state index in [9.17, 15) is 34.5 Å². The second-order valence-electron chi connectivity index (χ2n) is 10.3. The number of carboxylic acids is 1. The first-order valence-corrected chi connectivity index (χ1v) is 16.2. The maximum absolute atomic E-state index is 13.4. The van der Waals surface area contributed by atoms with Gasteiger partial charge in [-0.2, -0.15) is 0 Å². The normalized spacial score (nSPS) is 21.2. The van der Waals surface area contributed by atoms with Crippen LogP contribution in [-0.2, 0) is 24.0 Å². The van der Waals surface area contributed by atoms with Crippen LogP contribution in [0.25, 0.3) is 0 Å². The number of hydrogen-bond donors (Lipinski definition) is 8. The molecule has 0 bridgehead atoms. The van der Waals surface area contributed by atoms with Crippen molar-refractivity contribution in [3.63, 3.8) is 0 Å². The van der Waals surface area contributed by atoms with Gasteiger partial charge >= 0.3 is 5.97 Å². The maximum atomic E-state index is 13.4. The molecule has 246 valence electrons. The second-order valence-corrected chi connectivity index (χ2v) is 13.3. The molecule has 5 heterocycles. The summed E-state index contributed by atoms with van der Waals surface area (Å²) >= 11 is 3.52. The number of thiazole rings is 1. The molecule has 1 aromatic rings. The molecule has 0 aromatic carbocycles. The lowest BCUT2D eigenvalue weighted by Gasteiger charge is -2.49. The zero-order valence-corrected chi connectivity index (χ0v) is 26.6. The van der Waals surface area contributed by atoms with Crippen LogP contribution in [0.1, 0.15) is 19.5 Å². The summed E-state index contributed by atoms with van der Waals surface area (Å²) < 4.78 is 0. The van der Waals surface area contributed by atoms with Gasteiger partial charge in [0.1, 0.15) is 34.6 Å². The number of nitrogens with two attached hydrogens (primary N) is 2. The highest BCUT2D eigenvalue weighted by Crippen LogP contribution is 2.41. The summed E-state index contributed by atoms with van der Waals surface area (Å²) in [7, 11) is 0. The Morgan fingerprint density at radius 1 is 1.33 bits per heavy atom. The Kier molecular flexibility index (Phi) is 9.57. The van der Waals surface area contributed by atoms with E-state index in [1.54, 1.807) is 12.3 Å². The number of hydrogen-bond acceptors (Lipinski definition) is 18. The number of aliphatic carboxylic acids is 1. The van der Waals surface area contributed by atoms with Gasteiger partial charge < -0.3 is 31.2 Å². The van der Waals surface area contributed by atoms with Crippen LogP contribution in [0.15, 0.2) is 50.6 Å². The van der Waals surface area contributed by atoms with Crippen LogP contribution in [0.3, 0.4) is 0 Å². The molecule has 4 aliphatic rings. The van der Waals surface area contributed by atoms with Crippen molar-refractivity contribution in [2.75, 3.05) is 30.6 Å². The van der Waals surface area contributed by atoms with Crippen LogP contribution in [0, 0.1) is 0 Å². The molecule has 5 rings (SSSR count). The molecule has 1 aromatic heterocycles. The number of aliphatic hydroxyl groups is 2. The Morgan fingerprint density at radius 3 is 2.72 bits per heavy atom. The summed E-state index contributed by atoms with van der Waals surface area (Å²) in [6.45, 7) is 2.09. The smallest absolute Gasteiger partial charge is 0.352 e. The number of β-lactam (4-membered cyclic amide) rings is 1. The number of aliphatic imine (C=N–C) groups is 1. The van der Waals surface area contributed by atoms with Crippen molar-refractivity contribution in [3.05, 3.63) is 46.1 Å². The number of oxime groups is 1. The Labute approximate surface area is 273 Å². The quantitative estimate of drug-likeness (QED) is 0.0400. The lowest BCUT2D eigenvalue weighted by atomic mass is 10.0. The Hall–Kier alpha value is -4.19. The number of rotatable bonds is 11. The van der Waals surface area contributed by atoms with Crippen molar-refractivity contribution in [1.82, 2.24) is 36.2 Å². The molecule has 46 heavy (non-hydrogen) atoms. The number of aromatic nitrogens is 1.